The molecule has 1 aromatic heterocycles. The number of nitrogens with zero attached hydrogens (tertiary/aromatic N) is 1. The fourth-order valence-corrected chi connectivity index (χ4v) is 5.37. The molecule has 1 saturated heterocycles. The van der Waals surface area contributed by atoms with E-state index in [9.17, 15) is 13.2 Å². The molecule has 0 spiro atoms. The van der Waals surface area contributed by atoms with E-state index in [4.69, 9.17) is 5.11 Å². The molecule has 0 aromatic carbocycles. The van der Waals surface area contributed by atoms with Crippen molar-refractivity contribution in [1.29, 1.82) is 0 Å². The first kappa shape index (κ1) is 15.4. The van der Waals surface area contributed by atoms with E-state index < -0.39 is 16.0 Å². The van der Waals surface area contributed by atoms with E-state index >= 15 is 0 Å². The highest BCUT2D eigenvalue weighted by molar-refractivity contribution is 7.91. The summed E-state index contributed by atoms with van der Waals surface area (Å²) in [5, 5.41) is 13.5. The van der Waals surface area contributed by atoms with E-state index in [2.05, 4.69) is 5.32 Å². The summed E-state index contributed by atoms with van der Waals surface area (Å²) in [7, 11) is -3.60. The van der Waals surface area contributed by atoms with Crippen LogP contribution in [-0.4, -0.2) is 49.5 Å². The molecule has 1 aromatic rings. The maximum absolute atomic E-state index is 12.6. The Morgan fingerprint density at radius 3 is 2.65 bits per heavy atom. The number of carboxylic acid groups (broad SMARTS) is 1. The summed E-state index contributed by atoms with van der Waals surface area (Å²) >= 11 is 0.966. The zero-order valence-electron chi connectivity index (χ0n) is 11.2. The highest BCUT2D eigenvalue weighted by atomic mass is 32.2. The first-order chi connectivity index (χ1) is 9.46. The molecule has 2 N–H and O–H groups in total. The average Bonchev–Trinajstić information content (AvgIpc) is 2.91. The lowest BCUT2D eigenvalue weighted by Gasteiger charge is -2.32. The van der Waals surface area contributed by atoms with Crippen LogP contribution in [0.25, 0.3) is 0 Å². The van der Waals surface area contributed by atoms with Crippen LogP contribution in [0.4, 0.5) is 0 Å². The molecule has 2 heterocycles. The van der Waals surface area contributed by atoms with Gasteiger partial charge in [0.05, 0.1) is 5.56 Å². The van der Waals surface area contributed by atoms with Crippen LogP contribution < -0.4 is 5.32 Å². The number of carbonyl (C=O) groups is 1. The molecule has 1 aliphatic heterocycles. The second kappa shape index (κ2) is 6.21. The molecule has 0 bridgehead atoms. The molecule has 0 atom stereocenters. The van der Waals surface area contributed by atoms with Crippen molar-refractivity contribution in [2.75, 3.05) is 19.6 Å². The summed E-state index contributed by atoms with van der Waals surface area (Å²) < 4.78 is 26.8. The molecule has 20 heavy (non-hydrogen) atoms. The fourth-order valence-electron chi connectivity index (χ4n) is 2.40. The van der Waals surface area contributed by atoms with Crippen molar-refractivity contribution in [3.05, 3.63) is 17.0 Å². The molecule has 1 fully saturated rings. The predicted octanol–water partition coefficient (Wildman–Crippen LogP) is 1.21. The maximum Gasteiger partial charge on any atom is 0.336 e. The number of sulfonamides is 1. The fraction of sp³-hybridized carbons (Fsp3) is 0.583. The van der Waals surface area contributed by atoms with Gasteiger partial charge in [0.1, 0.15) is 4.21 Å². The lowest BCUT2D eigenvalue weighted by Crippen LogP contribution is -2.45. The molecule has 112 valence electrons. The number of nitrogens with one attached hydrogen (secondary N) is 1. The van der Waals surface area contributed by atoms with E-state index in [0.29, 0.717) is 6.54 Å². The summed E-state index contributed by atoms with van der Waals surface area (Å²) in [6.45, 7) is 3.82. The van der Waals surface area contributed by atoms with Crippen LogP contribution in [0.5, 0.6) is 0 Å². The zero-order chi connectivity index (χ0) is 14.8. The van der Waals surface area contributed by atoms with Gasteiger partial charge in [0.25, 0.3) is 10.0 Å². The number of hydrogen-bond acceptors (Lipinski definition) is 5. The molecular formula is C12H18N2O4S2. The topological polar surface area (TPSA) is 86.7 Å². The third kappa shape index (κ3) is 3.03. The number of piperidine rings is 1. The highest BCUT2D eigenvalue weighted by Crippen LogP contribution is 2.27. The average molecular weight is 318 g/mol. The smallest absolute Gasteiger partial charge is 0.336 e. The quantitative estimate of drug-likeness (QED) is 0.852. The van der Waals surface area contributed by atoms with Crippen molar-refractivity contribution >= 4 is 27.3 Å². The number of thiophene rings is 1. The van der Waals surface area contributed by atoms with Crippen LogP contribution in [-0.2, 0) is 10.0 Å². The van der Waals surface area contributed by atoms with Crippen LogP contribution in [0.2, 0.25) is 0 Å². The van der Waals surface area contributed by atoms with Gasteiger partial charge in [0.15, 0.2) is 0 Å². The minimum atomic E-state index is -3.60. The van der Waals surface area contributed by atoms with Crippen molar-refractivity contribution < 1.29 is 18.3 Å². The summed E-state index contributed by atoms with van der Waals surface area (Å²) in [4.78, 5) is 10.9. The van der Waals surface area contributed by atoms with Gasteiger partial charge < -0.3 is 10.4 Å². The summed E-state index contributed by atoms with van der Waals surface area (Å²) in [5.74, 6) is -1.10. The molecular weight excluding hydrogens is 300 g/mol. The SMILES string of the molecule is CCN(C1CCNCC1)S(=O)(=O)c1cc(C(=O)O)cs1. The lowest BCUT2D eigenvalue weighted by molar-refractivity contribution is 0.0697. The molecule has 0 saturated carbocycles. The van der Waals surface area contributed by atoms with E-state index in [1.165, 1.54) is 15.8 Å². The lowest BCUT2D eigenvalue weighted by atomic mass is 10.1. The van der Waals surface area contributed by atoms with E-state index in [0.717, 1.165) is 37.3 Å². The number of hydrogen-bond donors (Lipinski definition) is 2. The van der Waals surface area contributed by atoms with Crippen molar-refractivity contribution in [2.45, 2.75) is 30.0 Å². The Labute approximate surface area is 122 Å². The Bertz CT molecular complexity index is 576. The van der Waals surface area contributed by atoms with Gasteiger partial charge in [-0.1, -0.05) is 6.92 Å². The van der Waals surface area contributed by atoms with Gasteiger partial charge in [-0.25, -0.2) is 13.2 Å². The normalized spacial score (nSPS) is 17.5. The zero-order valence-corrected chi connectivity index (χ0v) is 12.8. The monoisotopic (exact) mass is 318 g/mol. The number of rotatable bonds is 5. The highest BCUT2D eigenvalue weighted by Gasteiger charge is 2.32. The van der Waals surface area contributed by atoms with Crippen molar-refractivity contribution in [1.82, 2.24) is 9.62 Å². The molecule has 0 amide bonds. The number of carboxylic acids is 1. The molecule has 0 radical (unpaired) electrons. The van der Waals surface area contributed by atoms with Crippen molar-refractivity contribution in [2.24, 2.45) is 0 Å². The Hall–Kier alpha value is -0.960. The standard InChI is InChI=1S/C12H18N2O4S2/c1-2-14(10-3-5-13-6-4-10)20(17,18)11-7-9(8-19-11)12(15)16/h7-8,10,13H,2-6H2,1H3,(H,15,16). The molecule has 0 unspecified atom stereocenters. The molecule has 2 rings (SSSR count). The first-order valence-electron chi connectivity index (χ1n) is 6.51. The Balaban J connectivity index is 2.28. The van der Waals surface area contributed by atoms with Crippen molar-refractivity contribution in [3.63, 3.8) is 0 Å². The largest absolute Gasteiger partial charge is 0.478 e. The molecule has 0 aliphatic carbocycles. The Kier molecular flexibility index (Phi) is 4.79. The maximum atomic E-state index is 12.6. The minimum absolute atomic E-state index is 0.0124. The number of aromatic carboxylic acids is 1. The Morgan fingerprint density at radius 1 is 1.50 bits per heavy atom. The van der Waals surface area contributed by atoms with Crippen LogP contribution >= 0.6 is 11.3 Å². The van der Waals surface area contributed by atoms with Crippen LogP contribution in [0.3, 0.4) is 0 Å². The van der Waals surface area contributed by atoms with Gasteiger partial charge in [-0.15, -0.1) is 11.3 Å². The third-order valence-electron chi connectivity index (χ3n) is 3.41. The van der Waals surface area contributed by atoms with Gasteiger partial charge in [0.2, 0.25) is 0 Å². The molecule has 1 aliphatic rings. The van der Waals surface area contributed by atoms with Crippen LogP contribution in [0.15, 0.2) is 15.7 Å². The second-order valence-electron chi connectivity index (χ2n) is 4.65. The summed E-state index contributed by atoms with van der Waals surface area (Å²) in [6.07, 6.45) is 1.56. The molecule has 6 nitrogen and oxygen atoms in total. The minimum Gasteiger partial charge on any atom is -0.478 e. The van der Waals surface area contributed by atoms with E-state index in [1.807, 2.05) is 6.92 Å². The first-order valence-corrected chi connectivity index (χ1v) is 8.83. The van der Waals surface area contributed by atoms with Gasteiger partial charge in [-0.05, 0) is 32.0 Å². The van der Waals surface area contributed by atoms with Crippen LogP contribution in [0, 0.1) is 0 Å². The summed E-state index contributed by atoms with van der Waals surface area (Å²) in [5.41, 5.74) is 0.0231. The van der Waals surface area contributed by atoms with Crippen LogP contribution in [0.1, 0.15) is 30.1 Å². The van der Waals surface area contributed by atoms with E-state index in [1.54, 1.807) is 0 Å². The molecule has 8 heteroatoms. The van der Waals surface area contributed by atoms with Gasteiger partial charge >= 0.3 is 5.97 Å². The third-order valence-corrected chi connectivity index (χ3v) is 6.86. The van der Waals surface area contributed by atoms with E-state index in [-0.39, 0.29) is 15.8 Å². The van der Waals surface area contributed by atoms with Crippen molar-refractivity contribution in [3.8, 4) is 0 Å². The summed E-state index contributed by atoms with van der Waals surface area (Å²) in [6, 6.07) is 1.23. The predicted molar refractivity (Wildman–Crippen MR) is 76.7 cm³/mol. The Morgan fingerprint density at radius 2 is 2.15 bits per heavy atom. The second-order valence-corrected chi connectivity index (χ2v) is 7.68. The van der Waals surface area contributed by atoms with Gasteiger partial charge in [-0.3, -0.25) is 0 Å². The van der Waals surface area contributed by atoms with Gasteiger partial charge in [-0.2, -0.15) is 4.31 Å². The van der Waals surface area contributed by atoms with Gasteiger partial charge in [0, 0.05) is 18.0 Å².